The summed E-state index contributed by atoms with van der Waals surface area (Å²) in [6, 6.07) is 0. The highest BCUT2D eigenvalue weighted by atomic mass is 16.5. The summed E-state index contributed by atoms with van der Waals surface area (Å²) in [5, 5.41) is 7.38. The van der Waals surface area contributed by atoms with Gasteiger partial charge in [0.2, 0.25) is 0 Å². The molecule has 2 aromatic rings. The van der Waals surface area contributed by atoms with Gasteiger partial charge in [0.15, 0.2) is 5.82 Å². The maximum atomic E-state index is 12.0. The highest BCUT2D eigenvalue weighted by Gasteiger charge is 2.22. The van der Waals surface area contributed by atoms with Gasteiger partial charge < -0.3 is 14.6 Å². The lowest BCUT2D eigenvalue weighted by Gasteiger charge is -2.32. The Morgan fingerprint density at radius 2 is 2.28 bits per heavy atom. The third-order valence-electron chi connectivity index (χ3n) is 4.23. The molecule has 136 valence electrons. The Morgan fingerprint density at radius 3 is 3.12 bits per heavy atom. The average molecular weight is 347 g/mol. The Labute approximate surface area is 146 Å². The zero-order valence-corrected chi connectivity index (χ0v) is 14.8. The number of nitrogens with zero attached hydrogens (tertiary/aromatic N) is 6. The number of anilines is 1. The van der Waals surface area contributed by atoms with Crippen LogP contribution in [0.4, 0.5) is 5.82 Å². The van der Waals surface area contributed by atoms with Crippen LogP contribution >= 0.6 is 0 Å². The maximum absolute atomic E-state index is 12.0. The summed E-state index contributed by atoms with van der Waals surface area (Å²) in [4.78, 5) is 22.8. The molecule has 1 aliphatic rings. The van der Waals surface area contributed by atoms with Crippen molar-refractivity contribution in [3.63, 3.8) is 0 Å². The summed E-state index contributed by atoms with van der Waals surface area (Å²) in [5.41, 5.74) is -0.136. The van der Waals surface area contributed by atoms with Crippen molar-refractivity contribution in [3.8, 4) is 0 Å². The minimum atomic E-state index is -0.136. The van der Waals surface area contributed by atoms with Crippen LogP contribution in [0.3, 0.4) is 0 Å². The molecule has 0 aromatic carbocycles. The van der Waals surface area contributed by atoms with Gasteiger partial charge in [-0.1, -0.05) is 6.92 Å². The van der Waals surface area contributed by atoms with E-state index >= 15 is 0 Å². The van der Waals surface area contributed by atoms with Crippen molar-refractivity contribution < 1.29 is 4.74 Å². The predicted molar refractivity (Wildman–Crippen MR) is 93.3 cm³/mol. The molecule has 0 radical (unpaired) electrons. The lowest BCUT2D eigenvalue weighted by Crippen LogP contribution is -2.45. The summed E-state index contributed by atoms with van der Waals surface area (Å²) in [7, 11) is 1.71. The topological polar surface area (TPSA) is 90.1 Å². The molecule has 0 saturated carbocycles. The van der Waals surface area contributed by atoms with Crippen LogP contribution < -0.4 is 10.9 Å². The van der Waals surface area contributed by atoms with Crippen molar-refractivity contribution in [2.45, 2.75) is 32.5 Å². The smallest absolute Gasteiger partial charge is 0.293 e. The molecular formula is C16H25N7O2. The van der Waals surface area contributed by atoms with Crippen molar-refractivity contribution in [3.05, 3.63) is 34.9 Å². The minimum absolute atomic E-state index is 0.00279. The van der Waals surface area contributed by atoms with Gasteiger partial charge in [-0.2, -0.15) is 5.10 Å². The van der Waals surface area contributed by atoms with Gasteiger partial charge in [-0.3, -0.25) is 9.69 Å². The monoisotopic (exact) mass is 347 g/mol. The lowest BCUT2D eigenvalue weighted by atomic mass is 10.2. The molecule has 1 saturated heterocycles. The SMILES string of the molecule is CCCn1ncnc1CN1CCO[C@@H](CNc2nccn(C)c2=O)C1. The molecule has 1 atom stereocenters. The van der Waals surface area contributed by atoms with Crippen LogP contribution in [0.2, 0.25) is 0 Å². The number of aromatic nitrogens is 5. The fraction of sp³-hybridized carbons (Fsp3) is 0.625. The van der Waals surface area contributed by atoms with Crippen LogP contribution in [0.5, 0.6) is 0 Å². The van der Waals surface area contributed by atoms with Crippen molar-refractivity contribution in [1.29, 1.82) is 0 Å². The van der Waals surface area contributed by atoms with E-state index in [-0.39, 0.29) is 11.7 Å². The quantitative estimate of drug-likeness (QED) is 0.759. The molecule has 3 heterocycles. The average Bonchev–Trinajstić information content (AvgIpc) is 3.04. The van der Waals surface area contributed by atoms with Crippen LogP contribution in [-0.4, -0.2) is 61.6 Å². The van der Waals surface area contributed by atoms with Crippen molar-refractivity contribution in [1.82, 2.24) is 29.2 Å². The Bertz CT molecular complexity index is 742. The van der Waals surface area contributed by atoms with Gasteiger partial charge in [-0.25, -0.2) is 14.6 Å². The molecule has 1 aliphatic heterocycles. The summed E-state index contributed by atoms with van der Waals surface area (Å²) >= 11 is 0. The van der Waals surface area contributed by atoms with Crippen LogP contribution in [0, 0.1) is 0 Å². The lowest BCUT2D eigenvalue weighted by molar-refractivity contribution is -0.0252. The minimum Gasteiger partial charge on any atom is -0.374 e. The largest absolute Gasteiger partial charge is 0.374 e. The maximum Gasteiger partial charge on any atom is 0.293 e. The van der Waals surface area contributed by atoms with Crippen LogP contribution in [-0.2, 0) is 24.9 Å². The van der Waals surface area contributed by atoms with E-state index in [0.717, 1.165) is 38.4 Å². The van der Waals surface area contributed by atoms with Gasteiger partial charge in [0.05, 0.1) is 19.3 Å². The molecule has 9 heteroatoms. The molecule has 0 bridgehead atoms. The molecule has 1 fully saturated rings. The molecule has 0 spiro atoms. The standard InChI is InChI=1S/C16H25N7O2/c1-3-5-23-14(19-12-20-23)11-22-7-8-25-13(10-22)9-18-15-16(24)21(2)6-4-17-15/h4,6,12-13H,3,5,7-11H2,1-2H3,(H,17,18)/t13-/m0/s1. The number of morpholine rings is 1. The van der Waals surface area contributed by atoms with Crippen molar-refractivity contribution in [2.75, 3.05) is 31.6 Å². The number of rotatable bonds is 7. The normalized spacial score (nSPS) is 18.4. The highest BCUT2D eigenvalue weighted by molar-refractivity contribution is 5.30. The predicted octanol–water partition coefficient (Wildman–Crippen LogP) is 0.0947. The zero-order valence-electron chi connectivity index (χ0n) is 14.8. The fourth-order valence-electron chi connectivity index (χ4n) is 2.89. The summed E-state index contributed by atoms with van der Waals surface area (Å²) < 4.78 is 9.28. The summed E-state index contributed by atoms with van der Waals surface area (Å²) in [6.07, 6.45) is 5.90. The first kappa shape index (κ1) is 17.6. The summed E-state index contributed by atoms with van der Waals surface area (Å²) in [5.74, 6) is 1.34. The third-order valence-corrected chi connectivity index (χ3v) is 4.23. The number of hydrogen-bond acceptors (Lipinski definition) is 7. The van der Waals surface area contributed by atoms with E-state index in [1.807, 2.05) is 4.68 Å². The first-order valence-electron chi connectivity index (χ1n) is 8.63. The van der Waals surface area contributed by atoms with E-state index in [2.05, 4.69) is 32.2 Å². The van der Waals surface area contributed by atoms with Crippen LogP contribution in [0.25, 0.3) is 0 Å². The van der Waals surface area contributed by atoms with Crippen molar-refractivity contribution >= 4 is 5.82 Å². The van der Waals surface area contributed by atoms with Crippen LogP contribution in [0.15, 0.2) is 23.5 Å². The second-order valence-electron chi connectivity index (χ2n) is 6.20. The van der Waals surface area contributed by atoms with Gasteiger partial charge in [0.25, 0.3) is 5.56 Å². The Kier molecular flexibility index (Phi) is 5.77. The molecule has 25 heavy (non-hydrogen) atoms. The number of aryl methyl sites for hydroxylation is 2. The Morgan fingerprint density at radius 1 is 1.40 bits per heavy atom. The second kappa shape index (κ2) is 8.21. The van der Waals surface area contributed by atoms with E-state index in [9.17, 15) is 4.79 Å². The molecular weight excluding hydrogens is 322 g/mol. The van der Waals surface area contributed by atoms with Gasteiger partial charge in [-0.05, 0) is 6.42 Å². The molecule has 9 nitrogen and oxygen atoms in total. The Balaban J connectivity index is 1.55. The molecule has 0 aliphatic carbocycles. The molecule has 0 amide bonds. The third kappa shape index (κ3) is 4.43. The molecule has 1 N–H and O–H groups in total. The van der Waals surface area contributed by atoms with E-state index in [4.69, 9.17) is 4.74 Å². The number of nitrogens with one attached hydrogen (secondary N) is 1. The Hall–Kier alpha value is -2.26. The summed E-state index contributed by atoms with van der Waals surface area (Å²) in [6.45, 7) is 6.61. The van der Waals surface area contributed by atoms with E-state index in [1.165, 1.54) is 4.57 Å². The first-order chi connectivity index (χ1) is 12.2. The molecule has 3 rings (SSSR count). The zero-order chi connectivity index (χ0) is 17.6. The van der Waals surface area contributed by atoms with Crippen LogP contribution in [0.1, 0.15) is 19.2 Å². The van der Waals surface area contributed by atoms with Gasteiger partial charge >= 0.3 is 0 Å². The van der Waals surface area contributed by atoms with Gasteiger partial charge in [0.1, 0.15) is 12.2 Å². The van der Waals surface area contributed by atoms with E-state index in [1.54, 1.807) is 25.8 Å². The van der Waals surface area contributed by atoms with Gasteiger partial charge in [-0.15, -0.1) is 0 Å². The molecule has 0 unspecified atom stereocenters. The van der Waals surface area contributed by atoms with Crippen molar-refractivity contribution in [2.24, 2.45) is 7.05 Å². The van der Waals surface area contributed by atoms with E-state index < -0.39 is 0 Å². The second-order valence-corrected chi connectivity index (χ2v) is 6.20. The van der Waals surface area contributed by atoms with E-state index in [0.29, 0.717) is 19.0 Å². The number of hydrogen-bond donors (Lipinski definition) is 1. The van der Waals surface area contributed by atoms with Gasteiger partial charge in [0, 0.05) is 45.6 Å². The highest BCUT2D eigenvalue weighted by Crippen LogP contribution is 2.10. The molecule has 2 aromatic heterocycles. The first-order valence-corrected chi connectivity index (χ1v) is 8.63. The fourth-order valence-corrected chi connectivity index (χ4v) is 2.89. The number of ether oxygens (including phenoxy) is 1.